The molecule has 0 radical (unpaired) electrons. The first-order valence-corrected chi connectivity index (χ1v) is 6.68. The highest BCUT2D eigenvalue weighted by Crippen LogP contribution is 2.15. The van der Waals surface area contributed by atoms with Crippen LogP contribution in [-0.4, -0.2) is 5.91 Å². The first-order valence-electron chi connectivity index (χ1n) is 6.30. The topological polar surface area (TPSA) is 55.1 Å². The van der Waals surface area contributed by atoms with E-state index in [0.717, 1.165) is 11.1 Å². The molecule has 0 saturated heterocycles. The number of amides is 1. The molecular weight excluding hydrogens is 291 g/mol. The maximum Gasteiger partial charge on any atom is 0.244 e. The number of hydrogen-bond acceptors (Lipinski definition) is 2. The molecule has 0 unspecified atom stereocenters. The molecule has 0 saturated carbocycles. The van der Waals surface area contributed by atoms with Crippen LogP contribution >= 0.6 is 11.6 Å². The van der Waals surface area contributed by atoms with Gasteiger partial charge in [-0.25, -0.2) is 4.39 Å². The standard InChI is InChI=1S/C16H14ClFN2O/c17-14-9-12(3-7-15(14)18)10-20-16(21)8-4-11-1-5-13(19)6-2-11/h1-9H,10,19H2,(H,20,21)/b8-4+. The Morgan fingerprint density at radius 3 is 2.62 bits per heavy atom. The van der Waals surface area contributed by atoms with Crippen LogP contribution in [0.4, 0.5) is 10.1 Å². The second-order valence-electron chi connectivity index (χ2n) is 4.47. The van der Waals surface area contributed by atoms with Crippen LogP contribution in [-0.2, 0) is 11.3 Å². The lowest BCUT2D eigenvalue weighted by Gasteiger charge is -2.03. The van der Waals surface area contributed by atoms with E-state index >= 15 is 0 Å². The molecular formula is C16H14ClFN2O. The van der Waals surface area contributed by atoms with Gasteiger partial charge >= 0.3 is 0 Å². The highest BCUT2D eigenvalue weighted by atomic mass is 35.5. The summed E-state index contributed by atoms with van der Waals surface area (Å²) in [5, 5.41) is 2.74. The van der Waals surface area contributed by atoms with E-state index < -0.39 is 5.82 Å². The zero-order valence-corrected chi connectivity index (χ0v) is 11.9. The fourth-order valence-corrected chi connectivity index (χ4v) is 1.88. The van der Waals surface area contributed by atoms with Gasteiger partial charge in [0.05, 0.1) is 5.02 Å². The molecule has 0 aliphatic heterocycles. The molecule has 3 nitrogen and oxygen atoms in total. The lowest BCUT2D eigenvalue weighted by atomic mass is 10.2. The average Bonchev–Trinajstić information content (AvgIpc) is 2.48. The quantitative estimate of drug-likeness (QED) is 0.672. The number of nitrogens with two attached hydrogens (primary N) is 1. The zero-order valence-electron chi connectivity index (χ0n) is 11.1. The number of nitrogen functional groups attached to an aromatic ring is 1. The third kappa shape index (κ3) is 4.61. The van der Waals surface area contributed by atoms with Crippen LogP contribution in [0, 0.1) is 5.82 Å². The van der Waals surface area contributed by atoms with E-state index in [2.05, 4.69) is 5.32 Å². The monoisotopic (exact) mass is 304 g/mol. The summed E-state index contributed by atoms with van der Waals surface area (Å²) < 4.78 is 13.0. The van der Waals surface area contributed by atoms with Crippen LogP contribution in [0.25, 0.3) is 6.08 Å². The molecule has 0 bridgehead atoms. The van der Waals surface area contributed by atoms with Crippen molar-refractivity contribution in [2.45, 2.75) is 6.54 Å². The van der Waals surface area contributed by atoms with Gasteiger partial charge in [0.15, 0.2) is 0 Å². The number of nitrogens with one attached hydrogen (secondary N) is 1. The molecule has 0 aromatic heterocycles. The highest BCUT2D eigenvalue weighted by Gasteiger charge is 2.02. The minimum absolute atomic E-state index is 0.0409. The smallest absolute Gasteiger partial charge is 0.244 e. The summed E-state index contributed by atoms with van der Waals surface area (Å²) in [4.78, 5) is 11.7. The van der Waals surface area contributed by atoms with Crippen molar-refractivity contribution in [3.8, 4) is 0 Å². The Bertz CT molecular complexity index is 668. The molecule has 108 valence electrons. The number of benzene rings is 2. The predicted octanol–water partition coefficient (Wildman–Crippen LogP) is 3.39. The van der Waals surface area contributed by atoms with E-state index in [9.17, 15) is 9.18 Å². The Morgan fingerprint density at radius 1 is 1.24 bits per heavy atom. The molecule has 0 fully saturated rings. The van der Waals surface area contributed by atoms with Crippen LogP contribution in [0.1, 0.15) is 11.1 Å². The van der Waals surface area contributed by atoms with Gasteiger partial charge in [0, 0.05) is 18.3 Å². The van der Waals surface area contributed by atoms with Crippen molar-refractivity contribution < 1.29 is 9.18 Å². The lowest BCUT2D eigenvalue weighted by molar-refractivity contribution is -0.116. The molecule has 0 atom stereocenters. The first-order chi connectivity index (χ1) is 10.0. The Hall–Kier alpha value is -2.33. The van der Waals surface area contributed by atoms with E-state index in [4.69, 9.17) is 17.3 Å². The van der Waals surface area contributed by atoms with E-state index in [0.29, 0.717) is 5.69 Å². The van der Waals surface area contributed by atoms with Crippen LogP contribution < -0.4 is 11.1 Å². The van der Waals surface area contributed by atoms with Crippen molar-refractivity contribution in [3.05, 3.63) is 70.5 Å². The number of carbonyl (C=O) groups is 1. The number of anilines is 1. The summed E-state index contributed by atoms with van der Waals surface area (Å²) in [5.41, 5.74) is 7.86. The van der Waals surface area contributed by atoms with Gasteiger partial charge in [-0.3, -0.25) is 4.79 Å². The maximum absolute atomic E-state index is 13.0. The third-order valence-corrected chi connectivity index (χ3v) is 3.10. The fraction of sp³-hybridized carbons (Fsp3) is 0.0625. The average molecular weight is 305 g/mol. The van der Waals surface area contributed by atoms with Gasteiger partial charge in [-0.2, -0.15) is 0 Å². The van der Waals surface area contributed by atoms with Crippen LogP contribution in [0.2, 0.25) is 5.02 Å². The second-order valence-corrected chi connectivity index (χ2v) is 4.87. The normalized spacial score (nSPS) is 10.8. The first kappa shape index (κ1) is 15.1. The summed E-state index contributed by atoms with van der Waals surface area (Å²) in [6.45, 7) is 0.283. The molecule has 2 rings (SSSR count). The molecule has 0 spiro atoms. The fourth-order valence-electron chi connectivity index (χ4n) is 1.68. The molecule has 2 aromatic carbocycles. The summed E-state index contributed by atoms with van der Waals surface area (Å²) in [6.07, 6.45) is 3.11. The van der Waals surface area contributed by atoms with Gasteiger partial charge in [0.2, 0.25) is 5.91 Å². The summed E-state index contributed by atoms with van der Waals surface area (Å²) in [7, 11) is 0. The molecule has 5 heteroatoms. The van der Waals surface area contributed by atoms with Crippen LogP contribution in [0.5, 0.6) is 0 Å². The zero-order chi connectivity index (χ0) is 15.2. The Morgan fingerprint density at radius 2 is 1.95 bits per heavy atom. The van der Waals surface area contributed by atoms with Crippen molar-refractivity contribution in [2.75, 3.05) is 5.73 Å². The van der Waals surface area contributed by atoms with Crippen molar-refractivity contribution in [1.82, 2.24) is 5.32 Å². The minimum atomic E-state index is -0.477. The second kappa shape index (κ2) is 6.90. The summed E-state index contributed by atoms with van der Waals surface area (Å²) >= 11 is 5.67. The van der Waals surface area contributed by atoms with Crippen molar-refractivity contribution in [1.29, 1.82) is 0 Å². The van der Waals surface area contributed by atoms with E-state index in [1.165, 1.54) is 18.2 Å². The number of halogens is 2. The SMILES string of the molecule is Nc1ccc(/C=C/C(=O)NCc2ccc(F)c(Cl)c2)cc1. The molecule has 21 heavy (non-hydrogen) atoms. The Kier molecular flexibility index (Phi) is 4.95. The molecule has 0 heterocycles. The Balaban J connectivity index is 1.89. The largest absolute Gasteiger partial charge is 0.399 e. The number of rotatable bonds is 4. The van der Waals surface area contributed by atoms with Crippen molar-refractivity contribution in [2.24, 2.45) is 0 Å². The van der Waals surface area contributed by atoms with Crippen molar-refractivity contribution in [3.63, 3.8) is 0 Å². The van der Waals surface area contributed by atoms with Gasteiger partial charge in [-0.1, -0.05) is 29.8 Å². The summed E-state index contributed by atoms with van der Waals surface area (Å²) in [5.74, 6) is -0.720. The van der Waals surface area contributed by atoms with Crippen LogP contribution in [0.3, 0.4) is 0 Å². The third-order valence-electron chi connectivity index (χ3n) is 2.81. The summed E-state index contributed by atoms with van der Waals surface area (Å²) in [6, 6.07) is 11.5. The predicted molar refractivity (Wildman–Crippen MR) is 83.1 cm³/mol. The lowest BCUT2D eigenvalue weighted by Crippen LogP contribution is -2.20. The molecule has 0 aliphatic carbocycles. The van der Waals surface area contributed by atoms with E-state index in [1.807, 2.05) is 12.1 Å². The van der Waals surface area contributed by atoms with Crippen LogP contribution in [0.15, 0.2) is 48.5 Å². The molecule has 0 aliphatic rings. The number of hydrogen-bond donors (Lipinski definition) is 2. The van der Waals surface area contributed by atoms with E-state index in [1.54, 1.807) is 24.3 Å². The van der Waals surface area contributed by atoms with Gasteiger partial charge in [-0.15, -0.1) is 0 Å². The molecule has 2 aromatic rings. The van der Waals surface area contributed by atoms with Gasteiger partial charge in [-0.05, 0) is 41.5 Å². The van der Waals surface area contributed by atoms with Crippen molar-refractivity contribution >= 4 is 29.3 Å². The maximum atomic E-state index is 13.0. The van der Waals surface area contributed by atoms with Gasteiger partial charge in [0.25, 0.3) is 0 Å². The van der Waals surface area contributed by atoms with E-state index in [-0.39, 0.29) is 17.5 Å². The van der Waals surface area contributed by atoms with Gasteiger partial charge in [0.1, 0.15) is 5.82 Å². The molecule has 1 amide bonds. The Labute approximate surface area is 127 Å². The number of carbonyl (C=O) groups excluding carboxylic acids is 1. The minimum Gasteiger partial charge on any atom is -0.399 e. The molecule has 3 N–H and O–H groups in total. The van der Waals surface area contributed by atoms with Gasteiger partial charge < -0.3 is 11.1 Å². The highest BCUT2D eigenvalue weighted by molar-refractivity contribution is 6.30.